The van der Waals surface area contributed by atoms with Gasteiger partial charge in [-0.05, 0) is 103 Å². The van der Waals surface area contributed by atoms with Crippen molar-refractivity contribution in [1.29, 1.82) is 0 Å². The van der Waals surface area contributed by atoms with Crippen LogP contribution in [0.5, 0.6) is 0 Å². The monoisotopic (exact) mass is 512 g/mol. The second-order valence-electron chi connectivity index (χ2n) is 12.6. The van der Waals surface area contributed by atoms with Gasteiger partial charge < -0.3 is 19.4 Å². The third-order valence-corrected chi connectivity index (χ3v) is 8.86. The van der Waals surface area contributed by atoms with E-state index in [1.165, 1.54) is 31.5 Å². The number of piperidine rings is 1. The van der Waals surface area contributed by atoms with Crippen LogP contribution in [0.15, 0.2) is 18.2 Å². The molecule has 8 heteroatoms. The quantitative estimate of drug-likeness (QED) is 0.540. The van der Waals surface area contributed by atoms with Gasteiger partial charge in [-0.25, -0.2) is 4.79 Å². The minimum absolute atomic E-state index is 0.213. The zero-order chi connectivity index (χ0) is 26.4. The number of ether oxygens (including phenoxy) is 1. The van der Waals surface area contributed by atoms with Gasteiger partial charge in [0, 0.05) is 56.2 Å². The molecule has 0 saturated carbocycles. The summed E-state index contributed by atoms with van der Waals surface area (Å²) < 4.78 is 5.27. The summed E-state index contributed by atoms with van der Waals surface area (Å²) in [4.78, 5) is 38.3. The van der Waals surface area contributed by atoms with Gasteiger partial charge in [-0.15, -0.1) is 5.06 Å². The average molecular weight is 513 g/mol. The van der Waals surface area contributed by atoms with Crippen LogP contribution in [0.2, 0.25) is 0 Å². The van der Waals surface area contributed by atoms with Crippen LogP contribution in [0, 0.1) is 12.3 Å². The van der Waals surface area contributed by atoms with Crippen molar-refractivity contribution in [3.63, 3.8) is 0 Å². The molecule has 4 saturated heterocycles. The van der Waals surface area contributed by atoms with Gasteiger partial charge in [-0.3, -0.25) is 9.69 Å². The Morgan fingerprint density at radius 1 is 1.03 bits per heavy atom. The molecule has 0 radical (unpaired) electrons. The molecule has 204 valence electrons. The maximum absolute atomic E-state index is 13.7. The van der Waals surface area contributed by atoms with Gasteiger partial charge in [-0.1, -0.05) is 0 Å². The zero-order valence-electron chi connectivity index (χ0n) is 23.3. The number of nitrogens with zero attached hydrogens (tertiary/aromatic N) is 4. The second kappa shape index (κ2) is 10.1. The van der Waals surface area contributed by atoms with Gasteiger partial charge in [0.1, 0.15) is 5.60 Å². The van der Waals surface area contributed by atoms with Gasteiger partial charge in [0.15, 0.2) is 0 Å². The molecule has 2 unspecified atom stereocenters. The molecule has 4 aliphatic heterocycles. The maximum atomic E-state index is 13.7. The van der Waals surface area contributed by atoms with E-state index in [4.69, 9.17) is 9.57 Å². The SMILES string of the molecule is Cc1cc(N2CCC(N3CCCC3C)C2)ccc1N1CCC2(CCN(OC(=O)OC(C)(C)C)CC2)C1=O. The number of aryl methyl sites for hydroxylation is 1. The topological polar surface area (TPSA) is 65.6 Å². The van der Waals surface area contributed by atoms with Crippen molar-refractivity contribution in [2.75, 3.05) is 49.1 Å². The molecule has 2 atom stereocenters. The molecule has 0 aromatic heterocycles. The van der Waals surface area contributed by atoms with E-state index in [1.807, 2.05) is 25.7 Å². The molecule has 37 heavy (non-hydrogen) atoms. The van der Waals surface area contributed by atoms with E-state index in [-0.39, 0.29) is 11.3 Å². The molecule has 8 nitrogen and oxygen atoms in total. The van der Waals surface area contributed by atoms with Crippen LogP contribution in [0.1, 0.15) is 71.8 Å². The molecule has 5 rings (SSSR count). The van der Waals surface area contributed by atoms with Gasteiger partial charge in [0.05, 0.1) is 5.41 Å². The molecule has 1 aromatic carbocycles. The predicted octanol–water partition coefficient (Wildman–Crippen LogP) is 4.74. The molecular weight excluding hydrogens is 468 g/mol. The number of rotatable bonds is 4. The summed E-state index contributed by atoms with van der Waals surface area (Å²) >= 11 is 0. The lowest BCUT2D eigenvalue weighted by atomic mass is 9.77. The summed E-state index contributed by atoms with van der Waals surface area (Å²) in [6, 6.07) is 7.98. The predicted molar refractivity (Wildman–Crippen MR) is 145 cm³/mol. The van der Waals surface area contributed by atoms with Crippen molar-refractivity contribution < 1.29 is 19.2 Å². The Kier molecular flexibility index (Phi) is 7.18. The van der Waals surface area contributed by atoms with Gasteiger partial charge in [0.25, 0.3) is 0 Å². The summed E-state index contributed by atoms with van der Waals surface area (Å²) in [6.07, 6.45) is 5.41. The van der Waals surface area contributed by atoms with Gasteiger partial charge in [-0.2, -0.15) is 0 Å². The third kappa shape index (κ3) is 5.46. The zero-order valence-corrected chi connectivity index (χ0v) is 23.3. The van der Waals surface area contributed by atoms with E-state index in [0.29, 0.717) is 38.0 Å². The van der Waals surface area contributed by atoms with E-state index < -0.39 is 11.8 Å². The minimum Gasteiger partial charge on any atom is -0.427 e. The lowest BCUT2D eigenvalue weighted by Crippen LogP contribution is -2.45. The number of benzene rings is 1. The molecule has 0 bridgehead atoms. The summed E-state index contributed by atoms with van der Waals surface area (Å²) in [6.45, 7) is 15.2. The molecule has 0 aliphatic carbocycles. The number of carbonyl (C=O) groups is 2. The van der Waals surface area contributed by atoms with Crippen LogP contribution >= 0.6 is 0 Å². The van der Waals surface area contributed by atoms with Crippen molar-refractivity contribution >= 4 is 23.4 Å². The number of likely N-dealkylation sites (tertiary alicyclic amines) is 1. The second-order valence-corrected chi connectivity index (χ2v) is 12.6. The number of carbonyl (C=O) groups excluding carboxylic acids is 2. The number of hydroxylamine groups is 2. The molecule has 4 aliphatic rings. The van der Waals surface area contributed by atoms with Gasteiger partial charge >= 0.3 is 6.16 Å². The lowest BCUT2D eigenvalue weighted by Gasteiger charge is -2.36. The van der Waals surface area contributed by atoms with Crippen LogP contribution in [0.25, 0.3) is 0 Å². The van der Waals surface area contributed by atoms with Crippen LogP contribution < -0.4 is 9.80 Å². The smallest absolute Gasteiger partial charge is 0.427 e. The Labute approximate surface area is 221 Å². The normalized spacial score (nSPS) is 26.9. The number of hydrogen-bond donors (Lipinski definition) is 0. The minimum atomic E-state index is -0.683. The number of hydrogen-bond acceptors (Lipinski definition) is 7. The van der Waals surface area contributed by atoms with E-state index in [9.17, 15) is 9.59 Å². The summed E-state index contributed by atoms with van der Waals surface area (Å²) in [5.74, 6) is 0.213. The molecule has 4 fully saturated rings. The highest BCUT2D eigenvalue weighted by molar-refractivity contribution is 6.00. The Morgan fingerprint density at radius 2 is 1.76 bits per heavy atom. The van der Waals surface area contributed by atoms with Crippen LogP contribution in [0.4, 0.5) is 16.2 Å². The van der Waals surface area contributed by atoms with Gasteiger partial charge in [0.2, 0.25) is 5.91 Å². The van der Waals surface area contributed by atoms with Crippen LogP contribution in [-0.2, 0) is 14.4 Å². The van der Waals surface area contributed by atoms with Crippen molar-refractivity contribution in [1.82, 2.24) is 9.96 Å². The third-order valence-electron chi connectivity index (χ3n) is 8.86. The Morgan fingerprint density at radius 3 is 2.41 bits per heavy atom. The first kappa shape index (κ1) is 26.3. The van der Waals surface area contributed by atoms with Crippen molar-refractivity contribution in [3.8, 4) is 0 Å². The van der Waals surface area contributed by atoms with Crippen molar-refractivity contribution in [2.45, 2.75) is 90.8 Å². The first-order chi connectivity index (χ1) is 17.5. The first-order valence-electron chi connectivity index (χ1n) is 14.1. The standard InChI is InChI=1S/C29H44N4O4/c1-21-19-23(30-15-10-24(20-30)32-14-6-7-22(32)2)8-9-25(21)33-18-13-29(26(33)34)11-16-31(17-12-29)37-27(35)36-28(3,4)5/h8-9,19,22,24H,6-7,10-18,20H2,1-5H3. The van der Waals surface area contributed by atoms with Crippen molar-refractivity contribution in [3.05, 3.63) is 23.8 Å². The fraction of sp³-hybridized carbons (Fsp3) is 0.724. The number of amides is 1. The maximum Gasteiger partial charge on any atom is 0.528 e. The molecular formula is C29H44N4O4. The number of anilines is 2. The lowest BCUT2D eigenvalue weighted by molar-refractivity contribution is -0.166. The Bertz CT molecular complexity index is 1010. The highest BCUT2D eigenvalue weighted by Crippen LogP contribution is 2.44. The van der Waals surface area contributed by atoms with Crippen LogP contribution in [0.3, 0.4) is 0 Å². The van der Waals surface area contributed by atoms with Crippen molar-refractivity contribution in [2.24, 2.45) is 5.41 Å². The van der Waals surface area contributed by atoms with E-state index in [2.05, 4.69) is 41.8 Å². The summed E-state index contributed by atoms with van der Waals surface area (Å²) in [5.41, 5.74) is 2.50. The molecule has 1 aromatic rings. The fourth-order valence-corrected chi connectivity index (χ4v) is 6.78. The van der Waals surface area contributed by atoms with E-state index in [0.717, 1.165) is 37.3 Å². The Hall–Kier alpha value is -2.32. The highest BCUT2D eigenvalue weighted by atomic mass is 16.8. The first-order valence-corrected chi connectivity index (χ1v) is 14.1. The van der Waals surface area contributed by atoms with E-state index in [1.54, 1.807) is 5.06 Å². The van der Waals surface area contributed by atoms with E-state index >= 15 is 0 Å². The molecule has 1 amide bonds. The largest absolute Gasteiger partial charge is 0.528 e. The molecule has 0 N–H and O–H groups in total. The Balaban J connectivity index is 1.18. The summed E-state index contributed by atoms with van der Waals surface area (Å²) in [5, 5.41) is 1.64. The highest BCUT2D eigenvalue weighted by Gasteiger charge is 2.49. The molecule has 1 spiro atoms. The average Bonchev–Trinajstić information content (AvgIpc) is 3.55. The fourth-order valence-electron chi connectivity index (χ4n) is 6.78. The van der Waals surface area contributed by atoms with Crippen LogP contribution in [-0.4, -0.2) is 79.0 Å². The molecule has 4 heterocycles. The summed E-state index contributed by atoms with van der Waals surface area (Å²) in [7, 11) is 0.